The van der Waals surface area contributed by atoms with Crippen LogP contribution in [0.15, 0.2) is 4.99 Å². The lowest BCUT2D eigenvalue weighted by Gasteiger charge is -2.24. The predicted molar refractivity (Wildman–Crippen MR) is 62.0 cm³/mol. The third-order valence-corrected chi connectivity index (χ3v) is 3.52. The molecule has 0 radical (unpaired) electrons. The van der Waals surface area contributed by atoms with Crippen molar-refractivity contribution in [2.24, 2.45) is 16.6 Å². The Morgan fingerprint density at radius 3 is 2.80 bits per heavy atom. The van der Waals surface area contributed by atoms with Crippen LogP contribution in [-0.2, 0) is 4.74 Å². The SMILES string of the molecule is NCCCC1=NC(C2CCCCC2)CO1. The summed E-state index contributed by atoms with van der Waals surface area (Å²) in [5.41, 5.74) is 5.47. The highest BCUT2D eigenvalue weighted by Gasteiger charge is 2.28. The van der Waals surface area contributed by atoms with Gasteiger partial charge in [0.05, 0.1) is 6.04 Å². The minimum Gasteiger partial charge on any atom is -0.479 e. The minimum absolute atomic E-state index is 0.457. The predicted octanol–water partition coefficient (Wildman–Crippen LogP) is 2.10. The van der Waals surface area contributed by atoms with Gasteiger partial charge in [0.25, 0.3) is 0 Å². The molecule has 3 nitrogen and oxygen atoms in total. The van der Waals surface area contributed by atoms with Gasteiger partial charge in [-0.15, -0.1) is 0 Å². The van der Waals surface area contributed by atoms with Gasteiger partial charge in [-0.2, -0.15) is 0 Å². The monoisotopic (exact) mass is 210 g/mol. The van der Waals surface area contributed by atoms with E-state index < -0.39 is 0 Å². The highest BCUT2D eigenvalue weighted by atomic mass is 16.5. The third-order valence-electron chi connectivity index (χ3n) is 3.52. The van der Waals surface area contributed by atoms with Gasteiger partial charge in [0.2, 0.25) is 0 Å². The molecule has 1 unspecified atom stereocenters. The molecule has 3 heteroatoms. The van der Waals surface area contributed by atoms with Gasteiger partial charge in [-0.25, -0.2) is 4.99 Å². The van der Waals surface area contributed by atoms with Crippen LogP contribution in [0.1, 0.15) is 44.9 Å². The van der Waals surface area contributed by atoms with Crippen LogP contribution in [0.2, 0.25) is 0 Å². The Morgan fingerprint density at radius 2 is 2.07 bits per heavy atom. The second kappa shape index (κ2) is 5.50. The minimum atomic E-state index is 0.457. The first-order chi connectivity index (χ1) is 7.40. The van der Waals surface area contributed by atoms with Crippen molar-refractivity contribution in [1.29, 1.82) is 0 Å². The highest BCUT2D eigenvalue weighted by molar-refractivity contribution is 5.77. The second-order valence-corrected chi connectivity index (χ2v) is 4.69. The van der Waals surface area contributed by atoms with Gasteiger partial charge in [-0.05, 0) is 31.7 Å². The molecule has 0 bridgehead atoms. The lowest BCUT2D eigenvalue weighted by molar-refractivity contribution is 0.238. The molecular formula is C12H22N2O. The summed E-state index contributed by atoms with van der Waals surface area (Å²) in [6, 6.07) is 0.457. The molecular weight excluding hydrogens is 188 g/mol. The van der Waals surface area contributed by atoms with Gasteiger partial charge in [0.15, 0.2) is 5.90 Å². The van der Waals surface area contributed by atoms with Crippen molar-refractivity contribution in [3.63, 3.8) is 0 Å². The molecule has 1 fully saturated rings. The Kier molecular flexibility index (Phi) is 4.01. The molecule has 2 rings (SSSR count). The van der Waals surface area contributed by atoms with Crippen LogP contribution in [0, 0.1) is 5.92 Å². The van der Waals surface area contributed by atoms with Crippen molar-refractivity contribution in [2.45, 2.75) is 51.0 Å². The van der Waals surface area contributed by atoms with E-state index >= 15 is 0 Å². The number of nitrogens with two attached hydrogens (primary N) is 1. The zero-order valence-electron chi connectivity index (χ0n) is 9.45. The summed E-state index contributed by atoms with van der Waals surface area (Å²) in [6.45, 7) is 1.56. The fraction of sp³-hybridized carbons (Fsp3) is 0.917. The van der Waals surface area contributed by atoms with Crippen LogP contribution >= 0.6 is 0 Å². The van der Waals surface area contributed by atoms with Gasteiger partial charge in [-0.1, -0.05) is 19.3 Å². The van der Waals surface area contributed by atoms with Crippen molar-refractivity contribution in [1.82, 2.24) is 0 Å². The van der Waals surface area contributed by atoms with Crippen LogP contribution in [0.5, 0.6) is 0 Å². The molecule has 0 amide bonds. The fourth-order valence-corrected chi connectivity index (χ4v) is 2.59. The number of hydrogen-bond acceptors (Lipinski definition) is 3. The molecule has 2 aliphatic rings. The number of aliphatic imine (C=N–C) groups is 1. The normalized spacial score (nSPS) is 27.5. The van der Waals surface area contributed by atoms with Crippen molar-refractivity contribution in [3.05, 3.63) is 0 Å². The standard InChI is InChI=1S/C12H22N2O/c13-8-4-7-12-14-11(9-15-12)10-5-2-1-3-6-10/h10-11H,1-9,13H2. The van der Waals surface area contributed by atoms with Crippen LogP contribution < -0.4 is 5.73 Å². The van der Waals surface area contributed by atoms with Gasteiger partial charge in [0.1, 0.15) is 6.61 Å². The first-order valence-electron chi connectivity index (χ1n) is 6.29. The van der Waals surface area contributed by atoms with Crippen LogP contribution in [0.3, 0.4) is 0 Å². The van der Waals surface area contributed by atoms with Crippen LogP contribution in [-0.4, -0.2) is 25.1 Å². The van der Waals surface area contributed by atoms with E-state index in [0.717, 1.165) is 37.8 Å². The number of hydrogen-bond donors (Lipinski definition) is 1. The fourth-order valence-electron chi connectivity index (χ4n) is 2.59. The summed E-state index contributed by atoms with van der Waals surface area (Å²) in [5, 5.41) is 0. The number of rotatable bonds is 4. The lowest BCUT2D eigenvalue weighted by Crippen LogP contribution is -2.22. The topological polar surface area (TPSA) is 47.6 Å². The Labute approximate surface area is 92.1 Å². The van der Waals surface area contributed by atoms with Gasteiger partial charge in [0, 0.05) is 6.42 Å². The zero-order chi connectivity index (χ0) is 10.5. The number of nitrogens with zero attached hydrogens (tertiary/aromatic N) is 1. The van der Waals surface area contributed by atoms with E-state index in [-0.39, 0.29) is 0 Å². The van der Waals surface area contributed by atoms with Gasteiger partial charge >= 0.3 is 0 Å². The van der Waals surface area contributed by atoms with E-state index in [2.05, 4.69) is 4.99 Å². The smallest absolute Gasteiger partial charge is 0.183 e. The summed E-state index contributed by atoms with van der Waals surface area (Å²) < 4.78 is 5.62. The first kappa shape index (κ1) is 10.9. The van der Waals surface area contributed by atoms with Crippen molar-refractivity contribution < 1.29 is 4.74 Å². The Balaban J connectivity index is 1.81. The molecule has 0 spiro atoms. The van der Waals surface area contributed by atoms with E-state index in [1.54, 1.807) is 0 Å². The average molecular weight is 210 g/mol. The molecule has 1 heterocycles. The molecule has 1 aliphatic heterocycles. The van der Waals surface area contributed by atoms with Crippen LogP contribution in [0.4, 0.5) is 0 Å². The Morgan fingerprint density at radius 1 is 1.27 bits per heavy atom. The van der Waals surface area contributed by atoms with E-state index in [4.69, 9.17) is 10.5 Å². The maximum atomic E-state index is 5.62. The Hall–Kier alpha value is -0.570. The van der Waals surface area contributed by atoms with Gasteiger partial charge < -0.3 is 10.5 Å². The molecule has 1 saturated carbocycles. The van der Waals surface area contributed by atoms with E-state index in [1.807, 2.05) is 0 Å². The summed E-state index contributed by atoms with van der Waals surface area (Å²) in [6.07, 6.45) is 8.80. The maximum absolute atomic E-state index is 5.62. The molecule has 0 aromatic carbocycles. The molecule has 86 valence electrons. The summed E-state index contributed by atoms with van der Waals surface area (Å²) in [7, 11) is 0. The first-order valence-corrected chi connectivity index (χ1v) is 6.29. The maximum Gasteiger partial charge on any atom is 0.183 e. The molecule has 2 N–H and O–H groups in total. The Bertz CT molecular complexity index is 222. The molecule has 1 atom stereocenters. The highest BCUT2D eigenvalue weighted by Crippen LogP contribution is 2.30. The van der Waals surface area contributed by atoms with Gasteiger partial charge in [-0.3, -0.25) is 0 Å². The molecule has 1 aliphatic carbocycles. The van der Waals surface area contributed by atoms with Crippen molar-refractivity contribution in [3.8, 4) is 0 Å². The molecule has 15 heavy (non-hydrogen) atoms. The zero-order valence-corrected chi connectivity index (χ0v) is 9.45. The second-order valence-electron chi connectivity index (χ2n) is 4.69. The quantitative estimate of drug-likeness (QED) is 0.772. The van der Waals surface area contributed by atoms with Crippen molar-refractivity contribution in [2.75, 3.05) is 13.2 Å². The largest absolute Gasteiger partial charge is 0.479 e. The molecule has 0 aromatic rings. The molecule has 0 aromatic heterocycles. The van der Waals surface area contributed by atoms with Crippen LogP contribution in [0.25, 0.3) is 0 Å². The van der Waals surface area contributed by atoms with Crippen molar-refractivity contribution >= 4 is 5.90 Å². The third kappa shape index (κ3) is 2.94. The number of ether oxygens (including phenoxy) is 1. The van der Waals surface area contributed by atoms with E-state index in [1.165, 1.54) is 32.1 Å². The summed E-state index contributed by atoms with van der Waals surface area (Å²) in [4.78, 5) is 4.69. The molecule has 0 saturated heterocycles. The summed E-state index contributed by atoms with van der Waals surface area (Å²) in [5.74, 6) is 1.74. The lowest BCUT2D eigenvalue weighted by atomic mass is 9.84. The summed E-state index contributed by atoms with van der Waals surface area (Å²) >= 11 is 0. The van der Waals surface area contributed by atoms with E-state index in [0.29, 0.717) is 6.04 Å². The van der Waals surface area contributed by atoms with E-state index in [9.17, 15) is 0 Å². The average Bonchev–Trinajstić information content (AvgIpc) is 2.76.